The molecule has 0 saturated carbocycles. The van der Waals surface area contributed by atoms with E-state index >= 15 is 0 Å². The molecule has 0 spiro atoms. The number of nitrogens with zero attached hydrogens (tertiary/aromatic N) is 1. The molecule has 1 heterocycles. The molecule has 0 aromatic carbocycles. The summed E-state index contributed by atoms with van der Waals surface area (Å²) < 4.78 is 38.3. The second-order valence-corrected chi connectivity index (χ2v) is 5.38. The van der Waals surface area contributed by atoms with Crippen molar-refractivity contribution in [2.75, 3.05) is 6.54 Å². The number of nitrogens with one attached hydrogen (secondary N) is 1. The fourth-order valence-corrected chi connectivity index (χ4v) is 2.52. The van der Waals surface area contributed by atoms with Crippen LogP contribution in [0.2, 0.25) is 0 Å². The zero-order valence-electron chi connectivity index (χ0n) is 12.2. The fourth-order valence-electron chi connectivity index (χ4n) is 2.52. The lowest BCUT2D eigenvalue weighted by atomic mass is 9.81. The number of rotatable bonds is 4. The summed E-state index contributed by atoms with van der Waals surface area (Å²) in [5.74, 6) is -1.17. The summed E-state index contributed by atoms with van der Waals surface area (Å²) in [5, 5.41) is 2.64. The molecule has 0 radical (unpaired) electrons. The quantitative estimate of drug-likeness (QED) is 0.864. The summed E-state index contributed by atoms with van der Waals surface area (Å²) in [6.45, 7) is 4.94. The van der Waals surface area contributed by atoms with E-state index in [0.717, 1.165) is 0 Å². The molecule has 20 heavy (non-hydrogen) atoms. The van der Waals surface area contributed by atoms with E-state index in [9.17, 15) is 22.8 Å². The van der Waals surface area contributed by atoms with Gasteiger partial charge < -0.3 is 10.2 Å². The van der Waals surface area contributed by atoms with Crippen molar-refractivity contribution < 1.29 is 22.8 Å². The highest BCUT2D eigenvalue weighted by molar-refractivity contribution is 6.02. The molecule has 0 aliphatic carbocycles. The van der Waals surface area contributed by atoms with Gasteiger partial charge >= 0.3 is 6.18 Å². The Bertz CT molecular complexity index is 405. The van der Waals surface area contributed by atoms with Gasteiger partial charge in [0.05, 0.1) is 0 Å². The lowest BCUT2D eigenvalue weighted by molar-refractivity contribution is -0.187. The number of alkyl halides is 3. The van der Waals surface area contributed by atoms with E-state index in [0.29, 0.717) is 4.90 Å². The molecular formula is C13H21F3N2O2. The Kier molecular flexibility index (Phi) is 4.41. The summed E-state index contributed by atoms with van der Waals surface area (Å²) in [7, 11) is 0. The fraction of sp³-hybridized carbons (Fsp3) is 0.846. The molecule has 1 aliphatic heterocycles. The molecule has 1 aliphatic rings. The maximum Gasteiger partial charge on any atom is 0.406 e. The number of halogens is 3. The molecule has 1 unspecified atom stereocenters. The van der Waals surface area contributed by atoms with Crippen LogP contribution in [0.1, 0.15) is 47.0 Å². The molecule has 4 nitrogen and oxygen atoms in total. The Hall–Kier alpha value is -1.27. The average molecular weight is 294 g/mol. The second kappa shape index (κ2) is 5.26. The molecule has 1 saturated heterocycles. The normalized spacial score (nSPS) is 26.6. The van der Waals surface area contributed by atoms with Gasteiger partial charge in [-0.1, -0.05) is 20.8 Å². The third-order valence-electron chi connectivity index (χ3n) is 4.33. The van der Waals surface area contributed by atoms with Crippen LogP contribution in [0.3, 0.4) is 0 Å². The first-order valence-electron chi connectivity index (χ1n) is 6.77. The van der Waals surface area contributed by atoms with Crippen LogP contribution in [0.5, 0.6) is 0 Å². The van der Waals surface area contributed by atoms with Gasteiger partial charge in [0, 0.05) is 0 Å². The van der Waals surface area contributed by atoms with Gasteiger partial charge in [-0.2, -0.15) is 13.2 Å². The van der Waals surface area contributed by atoms with Crippen molar-refractivity contribution in [3.8, 4) is 0 Å². The van der Waals surface area contributed by atoms with Crippen LogP contribution in [-0.4, -0.2) is 40.5 Å². The first kappa shape index (κ1) is 16.8. The zero-order chi connectivity index (χ0) is 15.8. The first-order valence-corrected chi connectivity index (χ1v) is 6.77. The van der Waals surface area contributed by atoms with Gasteiger partial charge in [-0.15, -0.1) is 0 Å². The van der Waals surface area contributed by atoms with Gasteiger partial charge in [-0.25, -0.2) is 0 Å². The number of piperazine rings is 1. The van der Waals surface area contributed by atoms with Crippen LogP contribution < -0.4 is 5.32 Å². The zero-order valence-corrected chi connectivity index (χ0v) is 12.2. The van der Waals surface area contributed by atoms with E-state index in [1.807, 2.05) is 0 Å². The van der Waals surface area contributed by atoms with Crippen molar-refractivity contribution in [2.45, 2.75) is 64.2 Å². The smallest absolute Gasteiger partial charge is 0.340 e. The number of carbonyl (C=O) groups excluding carboxylic acids is 2. The molecule has 1 rings (SSSR count). The monoisotopic (exact) mass is 294 g/mol. The van der Waals surface area contributed by atoms with Gasteiger partial charge in [-0.05, 0) is 26.2 Å². The van der Waals surface area contributed by atoms with Crippen molar-refractivity contribution in [3.05, 3.63) is 0 Å². The lowest BCUT2D eigenvalue weighted by Gasteiger charge is -2.50. The molecule has 0 aromatic rings. The van der Waals surface area contributed by atoms with Gasteiger partial charge in [0.2, 0.25) is 11.8 Å². The minimum absolute atomic E-state index is 0.129. The minimum Gasteiger partial charge on any atom is -0.340 e. The van der Waals surface area contributed by atoms with E-state index in [1.54, 1.807) is 20.8 Å². The van der Waals surface area contributed by atoms with Gasteiger partial charge in [0.25, 0.3) is 0 Å². The van der Waals surface area contributed by atoms with Crippen LogP contribution in [0.25, 0.3) is 0 Å². The maximum absolute atomic E-state index is 12.8. The van der Waals surface area contributed by atoms with Crippen molar-refractivity contribution in [1.29, 1.82) is 0 Å². The number of hydrogen-bond donors (Lipinski definition) is 1. The number of carbonyl (C=O) groups is 2. The molecule has 0 aromatic heterocycles. The van der Waals surface area contributed by atoms with Crippen molar-refractivity contribution in [2.24, 2.45) is 0 Å². The topological polar surface area (TPSA) is 49.4 Å². The van der Waals surface area contributed by atoms with Crippen LogP contribution in [0.4, 0.5) is 13.2 Å². The molecule has 7 heteroatoms. The summed E-state index contributed by atoms with van der Waals surface area (Å²) >= 11 is 0. The van der Waals surface area contributed by atoms with Crippen molar-refractivity contribution in [1.82, 2.24) is 10.2 Å². The average Bonchev–Trinajstić information content (AvgIpc) is 2.38. The maximum atomic E-state index is 12.8. The van der Waals surface area contributed by atoms with Gasteiger partial charge in [-0.3, -0.25) is 9.59 Å². The highest BCUT2D eigenvalue weighted by Gasteiger charge is 2.56. The molecule has 2 amide bonds. The Morgan fingerprint density at radius 2 is 1.60 bits per heavy atom. The van der Waals surface area contributed by atoms with Crippen LogP contribution in [-0.2, 0) is 9.59 Å². The van der Waals surface area contributed by atoms with Crippen molar-refractivity contribution >= 4 is 11.8 Å². The van der Waals surface area contributed by atoms with E-state index in [2.05, 4.69) is 5.32 Å². The summed E-state index contributed by atoms with van der Waals surface area (Å²) in [5.41, 5.74) is -2.68. The van der Waals surface area contributed by atoms with E-state index < -0.39 is 35.6 Å². The Morgan fingerprint density at radius 1 is 1.10 bits per heavy atom. The van der Waals surface area contributed by atoms with E-state index in [-0.39, 0.29) is 19.3 Å². The van der Waals surface area contributed by atoms with Gasteiger partial charge in [0.15, 0.2) is 0 Å². The standard InChI is InChI=1S/C13H21F3N2O2/c1-5-11(4)9(19)17-12(6-2,7-3)10(20)18(11)8-13(14,15)16/h5-8H2,1-4H3,(H,17,19). The lowest BCUT2D eigenvalue weighted by Crippen LogP contribution is -2.75. The minimum atomic E-state index is -4.53. The third-order valence-corrected chi connectivity index (χ3v) is 4.33. The predicted molar refractivity (Wildman–Crippen MR) is 67.9 cm³/mol. The van der Waals surface area contributed by atoms with E-state index in [1.165, 1.54) is 6.92 Å². The Morgan fingerprint density at radius 3 is 1.95 bits per heavy atom. The first-order chi connectivity index (χ1) is 9.06. The molecule has 1 atom stereocenters. The molecule has 0 bridgehead atoms. The predicted octanol–water partition coefficient (Wildman–Crippen LogP) is 2.23. The summed E-state index contributed by atoms with van der Waals surface area (Å²) in [4.78, 5) is 25.5. The Balaban J connectivity index is 3.28. The molecular weight excluding hydrogens is 273 g/mol. The largest absolute Gasteiger partial charge is 0.406 e. The van der Waals surface area contributed by atoms with E-state index in [4.69, 9.17) is 0 Å². The number of amides is 2. The highest BCUT2D eigenvalue weighted by atomic mass is 19.4. The summed E-state index contributed by atoms with van der Waals surface area (Å²) in [6.07, 6.45) is -3.87. The van der Waals surface area contributed by atoms with Crippen LogP contribution in [0, 0.1) is 0 Å². The second-order valence-electron chi connectivity index (χ2n) is 5.38. The molecule has 1 N–H and O–H groups in total. The highest BCUT2D eigenvalue weighted by Crippen LogP contribution is 2.34. The molecule has 1 fully saturated rings. The summed E-state index contributed by atoms with van der Waals surface area (Å²) in [6, 6.07) is 0. The van der Waals surface area contributed by atoms with Gasteiger partial charge in [0.1, 0.15) is 17.6 Å². The Labute approximate surface area is 116 Å². The SMILES string of the molecule is CCC1(CC)NC(=O)C(C)(CC)N(CC(F)(F)F)C1=O. The molecule has 116 valence electrons. The van der Waals surface area contributed by atoms with Crippen LogP contribution in [0.15, 0.2) is 0 Å². The van der Waals surface area contributed by atoms with Crippen molar-refractivity contribution in [3.63, 3.8) is 0 Å². The van der Waals surface area contributed by atoms with Crippen LogP contribution >= 0.6 is 0 Å². The number of hydrogen-bond acceptors (Lipinski definition) is 2. The third kappa shape index (κ3) is 2.62.